The zero-order valence-electron chi connectivity index (χ0n) is 17.1. The maximum atomic E-state index is 6.27. The summed E-state index contributed by atoms with van der Waals surface area (Å²) in [6.45, 7) is 4.10. The van der Waals surface area contributed by atoms with Crippen LogP contribution in [0.5, 0.6) is 17.2 Å². The van der Waals surface area contributed by atoms with Crippen LogP contribution in [0.3, 0.4) is 0 Å². The van der Waals surface area contributed by atoms with E-state index in [0.29, 0.717) is 35.3 Å². The fourth-order valence-corrected chi connectivity index (χ4v) is 3.60. The molecule has 0 fully saturated rings. The Kier molecular flexibility index (Phi) is 5.46. The topological polar surface area (TPSA) is 70.8 Å². The predicted molar refractivity (Wildman–Crippen MR) is 115 cm³/mol. The minimum atomic E-state index is 0.243. The first-order chi connectivity index (χ1) is 14.5. The summed E-state index contributed by atoms with van der Waals surface area (Å²) in [6.07, 6.45) is 0. The lowest BCUT2D eigenvalue weighted by molar-refractivity contribution is 0.301. The number of benzene rings is 2. The van der Waals surface area contributed by atoms with Gasteiger partial charge in [0.2, 0.25) is 5.28 Å². The summed E-state index contributed by atoms with van der Waals surface area (Å²) in [7, 11) is 3.21. The van der Waals surface area contributed by atoms with Gasteiger partial charge in [-0.05, 0) is 31.0 Å². The zero-order chi connectivity index (χ0) is 21.3. The van der Waals surface area contributed by atoms with Crippen molar-refractivity contribution in [3.63, 3.8) is 0 Å². The molecule has 0 unspecified atom stereocenters. The molecule has 0 spiro atoms. The quantitative estimate of drug-likeness (QED) is 0.448. The molecule has 0 bridgehead atoms. The molecule has 2 aromatic carbocycles. The molecule has 4 aromatic rings. The summed E-state index contributed by atoms with van der Waals surface area (Å²) >= 11 is 6.27. The lowest BCUT2D eigenvalue weighted by atomic mass is 10.0. The number of rotatable bonds is 6. The smallest absolute Gasteiger partial charge is 0.227 e. The van der Waals surface area contributed by atoms with Crippen molar-refractivity contribution >= 4 is 17.2 Å². The van der Waals surface area contributed by atoms with Gasteiger partial charge in [-0.2, -0.15) is 9.61 Å². The average molecular weight is 425 g/mol. The van der Waals surface area contributed by atoms with E-state index in [1.807, 2.05) is 49.4 Å². The Hall–Kier alpha value is -3.32. The zero-order valence-corrected chi connectivity index (χ0v) is 17.9. The van der Waals surface area contributed by atoms with Gasteiger partial charge >= 0.3 is 0 Å². The normalized spacial score (nSPS) is 11.0. The summed E-state index contributed by atoms with van der Waals surface area (Å²) in [5.74, 6) is 2.36. The van der Waals surface area contributed by atoms with Crippen LogP contribution in [0, 0.1) is 13.8 Å². The van der Waals surface area contributed by atoms with E-state index in [2.05, 4.69) is 15.1 Å². The number of methoxy groups -OCH3 is 2. The van der Waals surface area contributed by atoms with Gasteiger partial charge in [0, 0.05) is 12.1 Å². The van der Waals surface area contributed by atoms with Crippen molar-refractivity contribution in [3.8, 4) is 28.4 Å². The maximum Gasteiger partial charge on any atom is 0.227 e. The molecule has 2 aromatic heterocycles. The third-order valence-electron chi connectivity index (χ3n) is 4.71. The Morgan fingerprint density at radius 2 is 1.60 bits per heavy atom. The van der Waals surface area contributed by atoms with E-state index < -0.39 is 0 Å². The Balaban J connectivity index is 1.83. The van der Waals surface area contributed by atoms with Crippen LogP contribution in [0.25, 0.3) is 16.8 Å². The molecular weight excluding hydrogens is 404 g/mol. The van der Waals surface area contributed by atoms with E-state index in [4.69, 9.17) is 25.8 Å². The molecule has 0 aliphatic heterocycles. The van der Waals surface area contributed by atoms with Gasteiger partial charge in [-0.25, -0.2) is 9.97 Å². The van der Waals surface area contributed by atoms with Crippen LogP contribution >= 0.6 is 11.6 Å². The van der Waals surface area contributed by atoms with Crippen LogP contribution in [-0.4, -0.2) is 33.8 Å². The van der Waals surface area contributed by atoms with Crippen molar-refractivity contribution in [3.05, 3.63) is 64.8 Å². The second-order valence-corrected chi connectivity index (χ2v) is 7.05. The number of aryl methyl sites for hydroxylation is 2. The molecule has 0 N–H and O–H groups in total. The van der Waals surface area contributed by atoms with Gasteiger partial charge in [-0.3, -0.25) is 0 Å². The van der Waals surface area contributed by atoms with Crippen molar-refractivity contribution in [2.75, 3.05) is 14.2 Å². The van der Waals surface area contributed by atoms with E-state index in [0.717, 1.165) is 22.4 Å². The lowest BCUT2D eigenvalue weighted by Crippen LogP contribution is -2.00. The summed E-state index contributed by atoms with van der Waals surface area (Å²) in [4.78, 5) is 8.72. The van der Waals surface area contributed by atoms with E-state index in [1.165, 1.54) is 4.52 Å². The van der Waals surface area contributed by atoms with E-state index in [9.17, 15) is 0 Å². The van der Waals surface area contributed by atoms with Gasteiger partial charge in [0.05, 0.1) is 31.0 Å². The van der Waals surface area contributed by atoms with E-state index in [1.54, 1.807) is 21.1 Å². The van der Waals surface area contributed by atoms with Crippen molar-refractivity contribution < 1.29 is 14.2 Å². The second kappa shape index (κ2) is 8.20. The van der Waals surface area contributed by atoms with Gasteiger partial charge in [0.1, 0.15) is 29.7 Å². The SMILES string of the molecule is COc1cc(OCc2ccccc2)cc(OC)c1-c1c(C)nn2c(Cl)nc(C)nc12. The fraction of sp³-hybridized carbons (Fsp3) is 0.227. The molecule has 7 nitrogen and oxygen atoms in total. The summed E-state index contributed by atoms with van der Waals surface area (Å²) < 4.78 is 18.9. The molecule has 0 atom stereocenters. The van der Waals surface area contributed by atoms with Gasteiger partial charge in [-0.1, -0.05) is 30.3 Å². The van der Waals surface area contributed by atoms with E-state index >= 15 is 0 Å². The highest BCUT2D eigenvalue weighted by atomic mass is 35.5. The second-order valence-electron chi connectivity index (χ2n) is 6.71. The number of hydrogen-bond donors (Lipinski definition) is 0. The molecule has 0 amide bonds. The van der Waals surface area contributed by atoms with Gasteiger partial charge < -0.3 is 14.2 Å². The van der Waals surface area contributed by atoms with Crippen molar-refractivity contribution in [1.82, 2.24) is 19.6 Å². The third kappa shape index (κ3) is 3.64. The highest BCUT2D eigenvalue weighted by molar-refractivity contribution is 6.28. The largest absolute Gasteiger partial charge is 0.496 e. The summed E-state index contributed by atoms with van der Waals surface area (Å²) in [5, 5.41) is 4.74. The molecule has 30 heavy (non-hydrogen) atoms. The minimum Gasteiger partial charge on any atom is -0.496 e. The highest BCUT2D eigenvalue weighted by Crippen LogP contribution is 2.44. The fourth-order valence-electron chi connectivity index (χ4n) is 3.36. The minimum absolute atomic E-state index is 0.243. The van der Waals surface area contributed by atoms with Gasteiger partial charge in [0.15, 0.2) is 5.65 Å². The van der Waals surface area contributed by atoms with Crippen LogP contribution in [-0.2, 0) is 6.61 Å². The average Bonchev–Trinajstić information content (AvgIpc) is 3.08. The van der Waals surface area contributed by atoms with Crippen LogP contribution in [0.1, 0.15) is 17.1 Å². The molecule has 0 aliphatic carbocycles. The van der Waals surface area contributed by atoms with Crippen LogP contribution in [0.4, 0.5) is 0 Å². The Morgan fingerprint density at radius 1 is 0.933 bits per heavy atom. The lowest BCUT2D eigenvalue weighted by Gasteiger charge is -2.16. The Bertz CT molecular complexity index is 1180. The van der Waals surface area contributed by atoms with Crippen molar-refractivity contribution in [1.29, 1.82) is 0 Å². The number of fused-ring (bicyclic) bond motifs is 1. The van der Waals surface area contributed by atoms with Gasteiger partial charge in [0.25, 0.3) is 0 Å². The molecular formula is C22H21ClN4O3. The first-order valence-corrected chi connectivity index (χ1v) is 9.72. The van der Waals surface area contributed by atoms with Crippen LogP contribution in [0.2, 0.25) is 5.28 Å². The Morgan fingerprint density at radius 3 is 2.23 bits per heavy atom. The standard InChI is InChI=1S/C22H21ClN4O3/c1-13-19(21-24-14(2)25-22(23)27(21)26-13)20-17(28-3)10-16(11-18(20)29-4)30-12-15-8-6-5-7-9-15/h5-11H,12H2,1-4H3. The Labute approximate surface area is 179 Å². The maximum absolute atomic E-state index is 6.27. The number of hydrogen-bond acceptors (Lipinski definition) is 6. The molecule has 0 radical (unpaired) electrons. The molecule has 4 rings (SSSR count). The number of aromatic nitrogens is 4. The number of nitrogens with zero attached hydrogens (tertiary/aromatic N) is 4. The molecule has 2 heterocycles. The summed E-state index contributed by atoms with van der Waals surface area (Å²) in [5.41, 5.74) is 3.88. The summed E-state index contributed by atoms with van der Waals surface area (Å²) in [6, 6.07) is 13.6. The van der Waals surface area contributed by atoms with Crippen LogP contribution < -0.4 is 14.2 Å². The molecule has 0 aliphatic rings. The first-order valence-electron chi connectivity index (χ1n) is 9.34. The van der Waals surface area contributed by atoms with Crippen LogP contribution in [0.15, 0.2) is 42.5 Å². The third-order valence-corrected chi connectivity index (χ3v) is 4.95. The molecule has 8 heteroatoms. The van der Waals surface area contributed by atoms with Gasteiger partial charge in [-0.15, -0.1) is 0 Å². The number of halogens is 1. The molecule has 154 valence electrons. The van der Waals surface area contributed by atoms with E-state index in [-0.39, 0.29) is 5.28 Å². The first kappa shape index (κ1) is 20.0. The predicted octanol–water partition coefficient (Wildman–Crippen LogP) is 4.66. The molecule has 0 saturated heterocycles. The number of ether oxygens (including phenoxy) is 3. The highest BCUT2D eigenvalue weighted by Gasteiger charge is 2.24. The van der Waals surface area contributed by atoms with Crippen molar-refractivity contribution in [2.24, 2.45) is 0 Å². The van der Waals surface area contributed by atoms with Crippen molar-refractivity contribution in [2.45, 2.75) is 20.5 Å². The molecule has 0 saturated carbocycles. The monoisotopic (exact) mass is 424 g/mol.